The minimum absolute atomic E-state index is 0.0847. The minimum Gasteiger partial charge on any atom is -0.496 e. The number of carbonyl (C=O) groups excluding carboxylic acids is 1. The van der Waals surface area contributed by atoms with E-state index in [2.05, 4.69) is 6.92 Å². The molecule has 1 aliphatic heterocycles. The molecule has 3 nitrogen and oxygen atoms in total. The van der Waals surface area contributed by atoms with Crippen LogP contribution in [0.5, 0.6) is 5.75 Å². The smallest absolute Gasteiger partial charge is 0.258 e. The molecule has 23 heavy (non-hydrogen) atoms. The summed E-state index contributed by atoms with van der Waals surface area (Å²) in [5.41, 5.74) is 4.86. The highest BCUT2D eigenvalue weighted by Gasteiger charge is 2.31. The standard InChI is InChI=1S/C20H21NO2/c1-4-11-21-18-8-6-5-7-16(18)17(20(21)22)13-15-9-10-19(23-3)14(2)12-15/h5-10,12-13H,4,11H2,1-3H3/b17-13-. The van der Waals surface area contributed by atoms with Crippen molar-refractivity contribution in [3.63, 3.8) is 0 Å². The number of hydrogen-bond acceptors (Lipinski definition) is 2. The first kappa shape index (κ1) is 15.3. The van der Waals surface area contributed by atoms with E-state index in [9.17, 15) is 4.79 Å². The molecule has 0 radical (unpaired) electrons. The van der Waals surface area contributed by atoms with Crippen LogP contribution in [0, 0.1) is 6.92 Å². The van der Waals surface area contributed by atoms with Crippen molar-refractivity contribution >= 4 is 23.2 Å². The van der Waals surface area contributed by atoms with Crippen molar-refractivity contribution in [1.29, 1.82) is 0 Å². The van der Waals surface area contributed by atoms with E-state index < -0.39 is 0 Å². The van der Waals surface area contributed by atoms with Gasteiger partial charge in [0.2, 0.25) is 0 Å². The molecule has 0 atom stereocenters. The summed E-state index contributed by atoms with van der Waals surface area (Å²) < 4.78 is 5.30. The third kappa shape index (κ3) is 2.74. The third-order valence-corrected chi connectivity index (χ3v) is 4.14. The van der Waals surface area contributed by atoms with Crippen LogP contribution in [0.25, 0.3) is 11.6 Å². The zero-order valence-corrected chi connectivity index (χ0v) is 13.8. The Balaban J connectivity index is 2.05. The van der Waals surface area contributed by atoms with Crippen LogP contribution in [0.4, 0.5) is 5.69 Å². The predicted octanol–water partition coefficient (Wildman–Crippen LogP) is 4.30. The molecular weight excluding hydrogens is 286 g/mol. The maximum Gasteiger partial charge on any atom is 0.258 e. The zero-order chi connectivity index (χ0) is 16.4. The van der Waals surface area contributed by atoms with Gasteiger partial charge < -0.3 is 9.64 Å². The van der Waals surface area contributed by atoms with E-state index in [1.165, 1.54) is 0 Å². The lowest BCUT2D eigenvalue weighted by atomic mass is 10.0. The van der Waals surface area contributed by atoms with Gasteiger partial charge in [-0.1, -0.05) is 31.2 Å². The number of methoxy groups -OCH3 is 1. The molecule has 1 aliphatic rings. The van der Waals surface area contributed by atoms with Crippen LogP contribution >= 0.6 is 0 Å². The van der Waals surface area contributed by atoms with Gasteiger partial charge in [0.1, 0.15) is 5.75 Å². The van der Waals surface area contributed by atoms with Crippen molar-refractivity contribution in [2.75, 3.05) is 18.6 Å². The second-order valence-corrected chi connectivity index (χ2v) is 5.76. The number of anilines is 1. The normalized spacial score (nSPS) is 15.2. The molecule has 0 N–H and O–H groups in total. The molecule has 2 aromatic rings. The molecule has 3 heteroatoms. The van der Waals surface area contributed by atoms with Crippen molar-refractivity contribution < 1.29 is 9.53 Å². The van der Waals surface area contributed by atoms with E-state index >= 15 is 0 Å². The molecule has 0 bridgehead atoms. The SMILES string of the molecule is CCCN1C(=O)/C(=C\c2ccc(OC)c(C)c2)c2ccccc21. The average Bonchev–Trinajstić information content (AvgIpc) is 2.81. The van der Waals surface area contributed by atoms with Crippen molar-refractivity contribution in [1.82, 2.24) is 0 Å². The maximum absolute atomic E-state index is 12.8. The van der Waals surface area contributed by atoms with E-state index in [0.29, 0.717) is 0 Å². The number of ether oxygens (including phenoxy) is 1. The van der Waals surface area contributed by atoms with Gasteiger partial charge in [0, 0.05) is 17.7 Å². The predicted molar refractivity (Wildman–Crippen MR) is 94.7 cm³/mol. The summed E-state index contributed by atoms with van der Waals surface area (Å²) in [6.07, 6.45) is 2.91. The van der Waals surface area contributed by atoms with E-state index in [1.807, 2.05) is 60.4 Å². The van der Waals surface area contributed by atoms with E-state index in [0.717, 1.165) is 46.7 Å². The zero-order valence-electron chi connectivity index (χ0n) is 13.8. The molecule has 2 aromatic carbocycles. The van der Waals surface area contributed by atoms with Crippen molar-refractivity contribution in [2.45, 2.75) is 20.3 Å². The molecule has 0 unspecified atom stereocenters. The molecule has 0 fully saturated rings. The molecule has 0 saturated carbocycles. The van der Waals surface area contributed by atoms with Crippen LogP contribution in [-0.4, -0.2) is 19.6 Å². The topological polar surface area (TPSA) is 29.5 Å². The summed E-state index contributed by atoms with van der Waals surface area (Å²) in [5, 5.41) is 0. The van der Waals surface area contributed by atoms with Gasteiger partial charge in [-0.3, -0.25) is 4.79 Å². The highest BCUT2D eigenvalue weighted by molar-refractivity contribution is 6.35. The number of fused-ring (bicyclic) bond motifs is 1. The Bertz CT molecular complexity index is 777. The van der Waals surface area contributed by atoms with Gasteiger partial charge in [-0.2, -0.15) is 0 Å². The summed E-state index contributed by atoms with van der Waals surface area (Å²) in [6, 6.07) is 14.0. The van der Waals surface area contributed by atoms with Crippen molar-refractivity contribution in [3.8, 4) is 5.75 Å². The van der Waals surface area contributed by atoms with Gasteiger partial charge in [-0.25, -0.2) is 0 Å². The summed E-state index contributed by atoms with van der Waals surface area (Å²) in [5.74, 6) is 0.944. The van der Waals surface area contributed by atoms with Crippen LogP contribution < -0.4 is 9.64 Å². The number of carbonyl (C=O) groups is 1. The molecule has 0 aliphatic carbocycles. The van der Waals surface area contributed by atoms with Crippen LogP contribution in [0.1, 0.15) is 30.0 Å². The first-order valence-electron chi connectivity index (χ1n) is 7.93. The summed E-state index contributed by atoms with van der Waals surface area (Å²) in [4.78, 5) is 14.7. The van der Waals surface area contributed by atoms with Crippen LogP contribution in [0.3, 0.4) is 0 Å². The Labute approximate surface area is 137 Å². The second-order valence-electron chi connectivity index (χ2n) is 5.76. The minimum atomic E-state index is 0.0847. The second kappa shape index (κ2) is 6.29. The molecule has 118 valence electrons. The van der Waals surface area contributed by atoms with Gasteiger partial charge >= 0.3 is 0 Å². The largest absolute Gasteiger partial charge is 0.496 e. The van der Waals surface area contributed by atoms with Gasteiger partial charge in [-0.15, -0.1) is 0 Å². The fourth-order valence-electron chi connectivity index (χ4n) is 3.05. The number of hydrogen-bond donors (Lipinski definition) is 0. The molecule has 0 aromatic heterocycles. The van der Waals surface area contributed by atoms with Crippen LogP contribution in [0.2, 0.25) is 0 Å². The highest BCUT2D eigenvalue weighted by atomic mass is 16.5. The van der Waals surface area contributed by atoms with Gasteiger partial charge in [0.15, 0.2) is 0 Å². The van der Waals surface area contributed by atoms with E-state index in [1.54, 1.807) is 7.11 Å². The van der Waals surface area contributed by atoms with E-state index in [-0.39, 0.29) is 5.91 Å². The van der Waals surface area contributed by atoms with Gasteiger partial charge in [0.05, 0.1) is 12.8 Å². The Morgan fingerprint density at radius 3 is 2.65 bits per heavy atom. The van der Waals surface area contributed by atoms with Crippen molar-refractivity contribution in [2.24, 2.45) is 0 Å². The van der Waals surface area contributed by atoms with Crippen LogP contribution in [-0.2, 0) is 4.79 Å². The number of amides is 1. The lowest BCUT2D eigenvalue weighted by molar-refractivity contribution is -0.113. The van der Waals surface area contributed by atoms with Gasteiger partial charge in [0.25, 0.3) is 5.91 Å². The monoisotopic (exact) mass is 307 g/mol. The maximum atomic E-state index is 12.8. The summed E-state index contributed by atoms with van der Waals surface area (Å²) in [7, 11) is 1.67. The molecule has 0 spiro atoms. The molecule has 3 rings (SSSR count). The lowest BCUT2D eigenvalue weighted by Gasteiger charge is -2.15. The Hall–Kier alpha value is -2.55. The number of rotatable bonds is 4. The number of aryl methyl sites for hydroxylation is 1. The summed E-state index contributed by atoms with van der Waals surface area (Å²) in [6.45, 7) is 4.84. The van der Waals surface area contributed by atoms with Gasteiger partial charge in [-0.05, 0) is 48.7 Å². The number of para-hydroxylation sites is 1. The first-order valence-corrected chi connectivity index (χ1v) is 7.93. The lowest BCUT2D eigenvalue weighted by Crippen LogP contribution is -2.26. The Kier molecular flexibility index (Phi) is 4.20. The van der Waals surface area contributed by atoms with Crippen LogP contribution in [0.15, 0.2) is 42.5 Å². The quantitative estimate of drug-likeness (QED) is 0.788. The Morgan fingerprint density at radius 1 is 1.17 bits per heavy atom. The molecule has 1 heterocycles. The average molecular weight is 307 g/mol. The molecule has 0 saturated heterocycles. The number of nitrogens with zero attached hydrogens (tertiary/aromatic N) is 1. The first-order chi connectivity index (χ1) is 11.2. The molecular formula is C20H21NO2. The highest BCUT2D eigenvalue weighted by Crippen LogP contribution is 2.37. The Morgan fingerprint density at radius 2 is 1.96 bits per heavy atom. The fourth-order valence-corrected chi connectivity index (χ4v) is 3.05. The fraction of sp³-hybridized carbons (Fsp3) is 0.250. The molecule has 1 amide bonds. The van der Waals surface area contributed by atoms with Crippen molar-refractivity contribution in [3.05, 3.63) is 59.2 Å². The third-order valence-electron chi connectivity index (χ3n) is 4.14. The number of benzene rings is 2. The van der Waals surface area contributed by atoms with E-state index in [4.69, 9.17) is 4.74 Å². The summed E-state index contributed by atoms with van der Waals surface area (Å²) >= 11 is 0.